The van der Waals surface area contributed by atoms with Gasteiger partial charge in [0.2, 0.25) is 0 Å². The van der Waals surface area contributed by atoms with Crippen molar-refractivity contribution < 1.29 is 0 Å². The van der Waals surface area contributed by atoms with Crippen LogP contribution in [-0.4, -0.2) is 44.1 Å². The summed E-state index contributed by atoms with van der Waals surface area (Å²) in [5.41, 5.74) is 5.83. The number of nitrogens with zero attached hydrogens (tertiary/aromatic N) is 2. The van der Waals surface area contributed by atoms with Crippen LogP contribution in [0.3, 0.4) is 0 Å². The van der Waals surface area contributed by atoms with Crippen LogP contribution >= 0.6 is 24.0 Å². The van der Waals surface area contributed by atoms with Crippen molar-refractivity contribution in [1.82, 2.24) is 10.2 Å². The largest absolute Gasteiger partial charge is 0.370 e. The number of unbranched alkanes of at least 4 members (excludes halogenated alkanes) is 3. The summed E-state index contributed by atoms with van der Waals surface area (Å²) in [6, 6.07) is 0. The number of halogens is 1. The van der Waals surface area contributed by atoms with Crippen molar-refractivity contribution in [2.75, 3.05) is 33.2 Å². The first-order valence-corrected chi connectivity index (χ1v) is 6.94. The highest BCUT2D eigenvalue weighted by molar-refractivity contribution is 14.0. The SMILES string of the molecule is CCCCCCNC(N)=NCC1CCN(C)C1.I. The van der Waals surface area contributed by atoms with Gasteiger partial charge in [-0.25, -0.2) is 0 Å². The zero-order chi connectivity index (χ0) is 12.5. The van der Waals surface area contributed by atoms with E-state index in [4.69, 9.17) is 5.73 Å². The Morgan fingerprint density at radius 3 is 2.78 bits per heavy atom. The number of rotatable bonds is 7. The van der Waals surface area contributed by atoms with Gasteiger partial charge in [-0.2, -0.15) is 0 Å². The Kier molecular flexibility index (Phi) is 10.8. The van der Waals surface area contributed by atoms with Crippen LogP contribution in [0.25, 0.3) is 0 Å². The molecule has 0 aliphatic carbocycles. The van der Waals surface area contributed by atoms with Gasteiger partial charge in [-0.15, -0.1) is 24.0 Å². The Labute approximate surface area is 129 Å². The third-order valence-electron chi connectivity index (χ3n) is 3.35. The van der Waals surface area contributed by atoms with E-state index in [-0.39, 0.29) is 24.0 Å². The Balaban J connectivity index is 0.00000289. The fourth-order valence-corrected chi connectivity index (χ4v) is 2.23. The molecule has 0 saturated carbocycles. The lowest BCUT2D eigenvalue weighted by molar-refractivity contribution is 0.397. The van der Waals surface area contributed by atoms with Gasteiger partial charge in [-0.3, -0.25) is 4.99 Å². The van der Waals surface area contributed by atoms with E-state index in [0.717, 1.165) is 19.6 Å². The lowest BCUT2D eigenvalue weighted by atomic mass is 10.1. The van der Waals surface area contributed by atoms with Crippen LogP contribution in [0.1, 0.15) is 39.0 Å². The van der Waals surface area contributed by atoms with Crippen molar-refractivity contribution in [3.63, 3.8) is 0 Å². The molecule has 1 saturated heterocycles. The van der Waals surface area contributed by atoms with E-state index in [0.29, 0.717) is 11.9 Å². The van der Waals surface area contributed by atoms with Crippen molar-refractivity contribution in [3.05, 3.63) is 0 Å². The highest BCUT2D eigenvalue weighted by atomic mass is 127. The van der Waals surface area contributed by atoms with E-state index in [9.17, 15) is 0 Å². The van der Waals surface area contributed by atoms with Gasteiger partial charge in [-0.05, 0) is 32.4 Å². The first kappa shape index (κ1) is 18.0. The van der Waals surface area contributed by atoms with Gasteiger partial charge < -0.3 is 16.0 Å². The zero-order valence-electron chi connectivity index (χ0n) is 11.8. The van der Waals surface area contributed by atoms with Crippen LogP contribution in [0.5, 0.6) is 0 Å². The monoisotopic (exact) mass is 368 g/mol. The molecule has 0 amide bonds. The van der Waals surface area contributed by atoms with Gasteiger partial charge in [0.25, 0.3) is 0 Å². The van der Waals surface area contributed by atoms with E-state index in [1.54, 1.807) is 0 Å². The zero-order valence-corrected chi connectivity index (χ0v) is 14.2. The van der Waals surface area contributed by atoms with E-state index in [2.05, 4.69) is 29.2 Å². The predicted molar refractivity (Wildman–Crippen MR) is 89.7 cm³/mol. The first-order chi connectivity index (χ1) is 8.22. The number of likely N-dealkylation sites (tertiary alicyclic amines) is 1. The van der Waals surface area contributed by atoms with Gasteiger partial charge >= 0.3 is 0 Å². The van der Waals surface area contributed by atoms with E-state index in [1.165, 1.54) is 38.6 Å². The standard InChI is InChI=1S/C13H28N4.HI/c1-3-4-5-6-8-15-13(14)16-10-12-7-9-17(2)11-12;/h12H,3-11H2,1-2H3,(H3,14,15,16);1H. The smallest absolute Gasteiger partial charge is 0.188 e. The summed E-state index contributed by atoms with van der Waals surface area (Å²) < 4.78 is 0. The van der Waals surface area contributed by atoms with Crippen molar-refractivity contribution in [2.24, 2.45) is 16.6 Å². The van der Waals surface area contributed by atoms with Gasteiger partial charge in [-0.1, -0.05) is 26.2 Å². The minimum Gasteiger partial charge on any atom is -0.370 e. The molecule has 108 valence electrons. The molecule has 0 aromatic heterocycles. The first-order valence-electron chi connectivity index (χ1n) is 6.94. The maximum absolute atomic E-state index is 5.83. The number of nitrogens with two attached hydrogens (primary N) is 1. The van der Waals surface area contributed by atoms with Crippen LogP contribution in [0.15, 0.2) is 4.99 Å². The molecular weight excluding hydrogens is 339 g/mol. The summed E-state index contributed by atoms with van der Waals surface area (Å²) in [6.45, 7) is 6.41. The van der Waals surface area contributed by atoms with Crippen molar-refractivity contribution in [3.8, 4) is 0 Å². The third kappa shape index (κ3) is 8.13. The molecule has 0 bridgehead atoms. The normalized spacial score (nSPS) is 20.8. The summed E-state index contributed by atoms with van der Waals surface area (Å²) in [7, 11) is 2.17. The van der Waals surface area contributed by atoms with Gasteiger partial charge in [0, 0.05) is 19.6 Å². The molecule has 0 radical (unpaired) electrons. The van der Waals surface area contributed by atoms with E-state index < -0.39 is 0 Å². The molecule has 18 heavy (non-hydrogen) atoms. The molecule has 1 heterocycles. The Morgan fingerprint density at radius 1 is 1.39 bits per heavy atom. The maximum atomic E-state index is 5.83. The summed E-state index contributed by atoms with van der Waals surface area (Å²) in [5.74, 6) is 1.32. The molecule has 1 unspecified atom stereocenters. The quantitative estimate of drug-likeness (QED) is 0.313. The lowest BCUT2D eigenvalue weighted by Gasteiger charge is -2.09. The van der Waals surface area contributed by atoms with Crippen LogP contribution in [0.4, 0.5) is 0 Å². The maximum Gasteiger partial charge on any atom is 0.188 e. The van der Waals surface area contributed by atoms with Crippen LogP contribution in [0.2, 0.25) is 0 Å². The van der Waals surface area contributed by atoms with Crippen molar-refractivity contribution in [1.29, 1.82) is 0 Å². The second-order valence-electron chi connectivity index (χ2n) is 5.13. The molecule has 1 fully saturated rings. The fourth-order valence-electron chi connectivity index (χ4n) is 2.23. The summed E-state index contributed by atoms with van der Waals surface area (Å²) >= 11 is 0. The highest BCUT2D eigenvalue weighted by Crippen LogP contribution is 2.13. The fraction of sp³-hybridized carbons (Fsp3) is 0.923. The minimum absolute atomic E-state index is 0. The lowest BCUT2D eigenvalue weighted by Crippen LogP contribution is -2.33. The van der Waals surface area contributed by atoms with Gasteiger partial charge in [0.15, 0.2) is 5.96 Å². The second kappa shape index (κ2) is 10.8. The molecule has 3 N–H and O–H groups in total. The molecule has 0 aromatic rings. The molecule has 1 aliphatic rings. The molecule has 0 aromatic carbocycles. The predicted octanol–water partition coefficient (Wildman–Crippen LogP) is 2.04. The number of guanidine groups is 1. The molecule has 1 aliphatic heterocycles. The van der Waals surface area contributed by atoms with E-state index in [1.807, 2.05) is 0 Å². The highest BCUT2D eigenvalue weighted by Gasteiger charge is 2.18. The Bertz CT molecular complexity index is 233. The molecule has 5 heteroatoms. The second-order valence-corrected chi connectivity index (χ2v) is 5.13. The summed E-state index contributed by atoms with van der Waals surface area (Å²) in [5, 5.41) is 3.19. The third-order valence-corrected chi connectivity index (χ3v) is 3.35. The molecule has 1 atom stereocenters. The number of hydrogen-bond donors (Lipinski definition) is 2. The minimum atomic E-state index is 0. The summed E-state index contributed by atoms with van der Waals surface area (Å²) in [4.78, 5) is 6.77. The Hall–Kier alpha value is -0.0400. The number of hydrogen-bond acceptors (Lipinski definition) is 2. The van der Waals surface area contributed by atoms with Crippen LogP contribution in [-0.2, 0) is 0 Å². The molecule has 1 rings (SSSR count). The van der Waals surface area contributed by atoms with Crippen molar-refractivity contribution >= 4 is 29.9 Å². The van der Waals surface area contributed by atoms with E-state index >= 15 is 0 Å². The summed E-state index contributed by atoms with van der Waals surface area (Å²) in [6.07, 6.45) is 6.32. The van der Waals surface area contributed by atoms with Gasteiger partial charge in [0.1, 0.15) is 0 Å². The number of nitrogens with one attached hydrogen (secondary N) is 1. The average molecular weight is 368 g/mol. The number of aliphatic imine (C=N–C) groups is 1. The molecule has 0 spiro atoms. The van der Waals surface area contributed by atoms with Crippen LogP contribution in [0, 0.1) is 5.92 Å². The molecule has 4 nitrogen and oxygen atoms in total. The molecular formula is C13H29IN4. The topological polar surface area (TPSA) is 53.6 Å². The van der Waals surface area contributed by atoms with Gasteiger partial charge in [0.05, 0.1) is 0 Å². The average Bonchev–Trinajstić information content (AvgIpc) is 2.72. The Morgan fingerprint density at radius 2 is 2.17 bits per heavy atom. The van der Waals surface area contributed by atoms with Crippen molar-refractivity contribution in [2.45, 2.75) is 39.0 Å². The van der Waals surface area contributed by atoms with Crippen LogP contribution < -0.4 is 11.1 Å².